The lowest BCUT2D eigenvalue weighted by atomic mass is 9.70. The van der Waals surface area contributed by atoms with Crippen molar-refractivity contribution in [3.8, 4) is 5.75 Å². The number of carbonyl (C=O) groups excluding carboxylic acids is 1. The number of esters is 1. The molecule has 20 heavy (non-hydrogen) atoms. The highest BCUT2D eigenvalue weighted by Gasteiger charge is 2.35. The fourth-order valence-electron chi connectivity index (χ4n) is 3.22. The largest absolute Gasteiger partial charge is 0.508 e. The summed E-state index contributed by atoms with van der Waals surface area (Å²) in [6.07, 6.45) is 3.87. The number of hydrogen-bond acceptors (Lipinski definition) is 3. The summed E-state index contributed by atoms with van der Waals surface area (Å²) in [6.45, 7) is 4.28. The number of carbonyl (C=O) groups is 1. The molecule has 3 unspecified atom stereocenters. The van der Waals surface area contributed by atoms with Crippen LogP contribution in [-0.4, -0.2) is 18.2 Å². The maximum Gasteiger partial charge on any atom is 0.309 e. The zero-order chi connectivity index (χ0) is 14.7. The molecule has 2 rings (SSSR count). The lowest BCUT2D eigenvalue weighted by Gasteiger charge is -2.34. The van der Waals surface area contributed by atoms with Gasteiger partial charge in [-0.25, -0.2) is 0 Å². The Labute approximate surface area is 120 Å². The molecule has 3 atom stereocenters. The molecule has 1 aliphatic carbocycles. The second kappa shape index (κ2) is 6.12. The maximum atomic E-state index is 11.8. The molecule has 0 fully saturated rings. The number of methoxy groups -OCH3 is 1. The minimum absolute atomic E-state index is 0.0502. The van der Waals surface area contributed by atoms with E-state index in [1.807, 2.05) is 12.1 Å². The summed E-state index contributed by atoms with van der Waals surface area (Å²) in [5.74, 6) is 0.722. The Kier molecular flexibility index (Phi) is 4.48. The average Bonchev–Trinajstić information content (AvgIpc) is 2.47. The van der Waals surface area contributed by atoms with E-state index < -0.39 is 0 Å². The van der Waals surface area contributed by atoms with Crippen molar-refractivity contribution in [2.45, 2.75) is 26.7 Å². The van der Waals surface area contributed by atoms with Crippen molar-refractivity contribution in [3.63, 3.8) is 0 Å². The molecule has 0 amide bonds. The summed E-state index contributed by atoms with van der Waals surface area (Å²) in [5.41, 5.74) is 2.41. The third-order valence-electron chi connectivity index (χ3n) is 4.40. The van der Waals surface area contributed by atoms with Gasteiger partial charge in [-0.2, -0.15) is 0 Å². The number of phenolic OH excluding ortho intramolecular Hbond substituents is 1. The van der Waals surface area contributed by atoms with Gasteiger partial charge in [0, 0.05) is 0 Å². The van der Waals surface area contributed by atoms with Crippen LogP contribution in [0.3, 0.4) is 0 Å². The SMILES string of the molecule is CCC1C(c2ccc(O)cc2)=CCC(C(=O)OC)C1C. The van der Waals surface area contributed by atoms with E-state index >= 15 is 0 Å². The van der Waals surface area contributed by atoms with Crippen LogP contribution >= 0.6 is 0 Å². The van der Waals surface area contributed by atoms with E-state index in [0.29, 0.717) is 5.92 Å². The van der Waals surface area contributed by atoms with Crippen molar-refractivity contribution in [2.24, 2.45) is 17.8 Å². The van der Waals surface area contributed by atoms with Gasteiger partial charge in [0.1, 0.15) is 5.75 Å². The first kappa shape index (κ1) is 14.6. The van der Waals surface area contributed by atoms with E-state index in [-0.39, 0.29) is 23.6 Å². The predicted octanol–water partition coefficient (Wildman–Crippen LogP) is 3.63. The first-order valence-corrected chi connectivity index (χ1v) is 7.15. The zero-order valence-electron chi connectivity index (χ0n) is 12.3. The van der Waals surface area contributed by atoms with Crippen molar-refractivity contribution < 1.29 is 14.6 Å². The van der Waals surface area contributed by atoms with E-state index in [0.717, 1.165) is 18.4 Å². The van der Waals surface area contributed by atoms with Gasteiger partial charge >= 0.3 is 5.97 Å². The average molecular weight is 274 g/mol. The second-order valence-corrected chi connectivity index (χ2v) is 5.45. The summed E-state index contributed by atoms with van der Waals surface area (Å²) < 4.78 is 4.91. The Hall–Kier alpha value is -1.77. The van der Waals surface area contributed by atoms with Crippen LogP contribution in [0.5, 0.6) is 5.75 Å². The van der Waals surface area contributed by atoms with E-state index in [1.165, 1.54) is 12.7 Å². The van der Waals surface area contributed by atoms with Crippen LogP contribution < -0.4 is 0 Å². The normalized spacial score (nSPS) is 25.9. The predicted molar refractivity (Wildman–Crippen MR) is 79.2 cm³/mol. The fourth-order valence-corrected chi connectivity index (χ4v) is 3.22. The molecule has 0 spiro atoms. The van der Waals surface area contributed by atoms with Gasteiger partial charge in [0.25, 0.3) is 0 Å². The van der Waals surface area contributed by atoms with Crippen molar-refractivity contribution >= 4 is 11.5 Å². The van der Waals surface area contributed by atoms with Gasteiger partial charge in [0.05, 0.1) is 13.0 Å². The van der Waals surface area contributed by atoms with Crippen molar-refractivity contribution in [3.05, 3.63) is 35.9 Å². The Morgan fingerprint density at radius 2 is 2.00 bits per heavy atom. The summed E-state index contributed by atoms with van der Waals surface area (Å²) in [5, 5.41) is 9.40. The van der Waals surface area contributed by atoms with Crippen LogP contribution in [0.4, 0.5) is 0 Å². The van der Waals surface area contributed by atoms with E-state index in [1.54, 1.807) is 12.1 Å². The first-order valence-electron chi connectivity index (χ1n) is 7.15. The molecule has 1 N–H and O–H groups in total. The Bertz CT molecular complexity index is 501. The summed E-state index contributed by atoms with van der Waals surface area (Å²) in [7, 11) is 1.45. The molecule has 3 heteroatoms. The molecule has 1 aliphatic rings. The lowest BCUT2D eigenvalue weighted by molar-refractivity contribution is -0.147. The van der Waals surface area contributed by atoms with E-state index in [2.05, 4.69) is 19.9 Å². The van der Waals surface area contributed by atoms with Crippen LogP contribution in [0.1, 0.15) is 32.3 Å². The van der Waals surface area contributed by atoms with Crippen LogP contribution in [0, 0.1) is 17.8 Å². The number of allylic oxidation sites excluding steroid dienone is 2. The van der Waals surface area contributed by atoms with Crippen molar-refractivity contribution in [1.82, 2.24) is 0 Å². The number of hydrogen-bond donors (Lipinski definition) is 1. The van der Waals surface area contributed by atoms with Crippen molar-refractivity contribution in [1.29, 1.82) is 0 Å². The van der Waals surface area contributed by atoms with Gasteiger partial charge in [0.15, 0.2) is 0 Å². The monoisotopic (exact) mass is 274 g/mol. The fraction of sp³-hybridized carbons (Fsp3) is 0.471. The molecular formula is C17H22O3. The highest BCUT2D eigenvalue weighted by atomic mass is 16.5. The molecule has 0 aromatic heterocycles. The standard InChI is InChI=1S/C17H22O3/c1-4-14-11(2)15(17(19)20-3)9-10-16(14)12-5-7-13(18)8-6-12/h5-8,10-11,14-15,18H,4,9H2,1-3H3. The molecule has 0 saturated carbocycles. The summed E-state index contributed by atoms with van der Waals surface area (Å²) in [6, 6.07) is 7.30. The molecule has 0 radical (unpaired) electrons. The number of phenols is 1. The van der Waals surface area contributed by atoms with Gasteiger partial charge in [-0.3, -0.25) is 4.79 Å². The number of aromatic hydroxyl groups is 1. The third kappa shape index (κ3) is 2.72. The topological polar surface area (TPSA) is 46.5 Å². The molecule has 3 nitrogen and oxygen atoms in total. The van der Waals surface area contributed by atoms with Gasteiger partial charge in [-0.15, -0.1) is 0 Å². The van der Waals surface area contributed by atoms with Crippen LogP contribution in [-0.2, 0) is 9.53 Å². The number of ether oxygens (including phenoxy) is 1. The van der Waals surface area contributed by atoms with E-state index in [9.17, 15) is 9.90 Å². The molecule has 0 aliphatic heterocycles. The van der Waals surface area contributed by atoms with Crippen LogP contribution in [0.25, 0.3) is 5.57 Å². The summed E-state index contributed by atoms with van der Waals surface area (Å²) in [4.78, 5) is 11.8. The highest BCUT2D eigenvalue weighted by molar-refractivity contribution is 5.77. The minimum Gasteiger partial charge on any atom is -0.508 e. The van der Waals surface area contributed by atoms with Gasteiger partial charge in [0.2, 0.25) is 0 Å². The Morgan fingerprint density at radius 1 is 1.35 bits per heavy atom. The molecule has 0 bridgehead atoms. The highest BCUT2D eigenvalue weighted by Crippen LogP contribution is 2.42. The zero-order valence-corrected chi connectivity index (χ0v) is 12.3. The minimum atomic E-state index is -0.114. The van der Waals surface area contributed by atoms with Gasteiger partial charge in [-0.05, 0) is 47.9 Å². The van der Waals surface area contributed by atoms with Crippen molar-refractivity contribution in [2.75, 3.05) is 7.11 Å². The molecule has 0 saturated heterocycles. The molecule has 108 valence electrons. The Morgan fingerprint density at radius 3 is 2.55 bits per heavy atom. The quantitative estimate of drug-likeness (QED) is 0.856. The molecule has 1 aromatic rings. The van der Waals surface area contributed by atoms with E-state index in [4.69, 9.17) is 4.74 Å². The second-order valence-electron chi connectivity index (χ2n) is 5.45. The Balaban J connectivity index is 2.31. The smallest absolute Gasteiger partial charge is 0.309 e. The number of rotatable bonds is 3. The first-order chi connectivity index (χ1) is 9.58. The lowest BCUT2D eigenvalue weighted by Crippen LogP contribution is -2.31. The molecule has 0 heterocycles. The molecular weight excluding hydrogens is 252 g/mol. The molecule has 1 aromatic carbocycles. The number of benzene rings is 1. The summed E-state index contributed by atoms with van der Waals surface area (Å²) >= 11 is 0. The van der Waals surface area contributed by atoms with Gasteiger partial charge < -0.3 is 9.84 Å². The van der Waals surface area contributed by atoms with Crippen LogP contribution in [0.15, 0.2) is 30.3 Å². The third-order valence-corrected chi connectivity index (χ3v) is 4.40. The maximum absolute atomic E-state index is 11.8. The van der Waals surface area contributed by atoms with Gasteiger partial charge in [-0.1, -0.05) is 32.1 Å². The van der Waals surface area contributed by atoms with Crippen LogP contribution in [0.2, 0.25) is 0 Å².